The second-order valence-electron chi connectivity index (χ2n) is 5.93. The molecule has 0 spiro atoms. The fraction of sp³-hybridized carbons (Fsp3) is 0.190. The molecule has 0 saturated heterocycles. The van der Waals surface area contributed by atoms with Crippen LogP contribution in [0.1, 0.15) is 22.3 Å². The van der Waals surface area contributed by atoms with Crippen molar-refractivity contribution in [2.24, 2.45) is 0 Å². The van der Waals surface area contributed by atoms with Crippen molar-refractivity contribution in [3.05, 3.63) is 77.5 Å². The number of thioether (sulfide) groups is 1. The lowest BCUT2D eigenvalue weighted by atomic mass is 10.1. The van der Waals surface area contributed by atoms with Gasteiger partial charge in [0.1, 0.15) is 11.7 Å². The number of carboxylic acids is 1. The van der Waals surface area contributed by atoms with Crippen LogP contribution in [0.5, 0.6) is 0 Å². The van der Waals surface area contributed by atoms with E-state index >= 15 is 0 Å². The van der Waals surface area contributed by atoms with Gasteiger partial charge in [0.05, 0.1) is 0 Å². The van der Waals surface area contributed by atoms with Gasteiger partial charge in [-0.05, 0) is 42.2 Å². The van der Waals surface area contributed by atoms with Gasteiger partial charge in [0.25, 0.3) is 11.8 Å². The van der Waals surface area contributed by atoms with E-state index in [-0.39, 0.29) is 12.1 Å². The van der Waals surface area contributed by atoms with Crippen molar-refractivity contribution < 1.29 is 19.5 Å². The topological polar surface area (TPSA) is 95.5 Å². The van der Waals surface area contributed by atoms with Crippen LogP contribution in [0.15, 0.2) is 66.4 Å². The molecule has 2 amide bonds. The van der Waals surface area contributed by atoms with Gasteiger partial charge in [-0.3, -0.25) is 9.59 Å². The molecule has 6 nitrogen and oxygen atoms in total. The Hall–Kier alpha value is -3.06. The zero-order chi connectivity index (χ0) is 20.4. The monoisotopic (exact) mass is 398 g/mol. The number of benzene rings is 2. The second-order valence-corrected chi connectivity index (χ2v) is 6.92. The van der Waals surface area contributed by atoms with E-state index in [1.807, 2.05) is 12.3 Å². The van der Waals surface area contributed by atoms with Crippen molar-refractivity contribution in [3.63, 3.8) is 0 Å². The lowest BCUT2D eigenvalue weighted by Crippen LogP contribution is -2.44. The lowest BCUT2D eigenvalue weighted by molar-refractivity contribution is -0.141. The van der Waals surface area contributed by atoms with Crippen LogP contribution in [0.4, 0.5) is 0 Å². The predicted molar refractivity (Wildman–Crippen MR) is 111 cm³/mol. The number of hydrogen-bond acceptors (Lipinski definition) is 4. The standard InChI is InChI=1S/C21H22N2O4S/c1-28-13-12-17(21(26)27)22-20(25)18(14-15-8-4-2-5-9-15)23-19(24)16-10-6-3-7-11-16/h2-11,14,17H,12-13H2,1H3,(H,22,25)(H,23,24)(H,26,27). The zero-order valence-corrected chi connectivity index (χ0v) is 16.2. The predicted octanol–water partition coefficient (Wildman–Crippen LogP) is 2.78. The Morgan fingerprint density at radius 2 is 1.64 bits per heavy atom. The quantitative estimate of drug-likeness (QED) is 0.565. The van der Waals surface area contributed by atoms with Crippen molar-refractivity contribution >= 4 is 35.6 Å². The summed E-state index contributed by atoms with van der Waals surface area (Å²) in [5.74, 6) is -1.63. The Kier molecular flexibility index (Phi) is 8.30. The molecule has 7 heteroatoms. The Morgan fingerprint density at radius 1 is 1.04 bits per heavy atom. The maximum absolute atomic E-state index is 12.7. The Labute approximate surface area is 168 Å². The number of carbonyl (C=O) groups excluding carboxylic acids is 2. The molecular weight excluding hydrogens is 376 g/mol. The molecular formula is C21H22N2O4S. The summed E-state index contributed by atoms with van der Waals surface area (Å²) >= 11 is 1.49. The molecule has 0 aromatic heterocycles. The Bertz CT molecular complexity index is 838. The van der Waals surface area contributed by atoms with Crippen LogP contribution in [0.25, 0.3) is 6.08 Å². The van der Waals surface area contributed by atoms with Gasteiger partial charge >= 0.3 is 5.97 Å². The van der Waals surface area contributed by atoms with Crippen molar-refractivity contribution in [2.45, 2.75) is 12.5 Å². The summed E-state index contributed by atoms with van der Waals surface area (Å²) in [5, 5.41) is 14.4. The third-order valence-electron chi connectivity index (χ3n) is 3.85. The summed E-state index contributed by atoms with van der Waals surface area (Å²) < 4.78 is 0. The van der Waals surface area contributed by atoms with Crippen LogP contribution in [0.2, 0.25) is 0 Å². The molecule has 0 radical (unpaired) electrons. The molecule has 3 N–H and O–H groups in total. The molecule has 0 saturated carbocycles. The van der Waals surface area contributed by atoms with E-state index < -0.39 is 23.8 Å². The highest BCUT2D eigenvalue weighted by atomic mass is 32.2. The maximum Gasteiger partial charge on any atom is 0.326 e. The summed E-state index contributed by atoms with van der Waals surface area (Å²) in [4.78, 5) is 36.7. The fourth-order valence-electron chi connectivity index (χ4n) is 2.39. The highest BCUT2D eigenvalue weighted by Gasteiger charge is 2.22. The minimum Gasteiger partial charge on any atom is -0.480 e. The number of hydrogen-bond donors (Lipinski definition) is 3. The highest BCUT2D eigenvalue weighted by Crippen LogP contribution is 2.08. The first kappa shape index (κ1) is 21.2. The number of carboxylic acid groups (broad SMARTS) is 1. The van der Waals surface area contributed by atoms with Gasteiger partial charge in [-0.1, -0.05) is 48.5 Å². The molecule has 2 aromatic carbocycles. The van der Waals surface area contributed by atoms with E-state index in [2.05, 4.69) is 10.6 Å². The van der Waals surface area contributed by atoms with Gasteiger partial charge < -0.3 is 15.7 Å². The average molecular weight is 398 g/mol. The smallest absolute Gasteiger partial charge is 0.326 e. The molecule has 28 heavy (non-hydrogen) atoms. The van der Waals surface area contributed by atoms with E-state index in [1.165, 1.54) is 17.8 Å². The molecule has 146 valence electrons. The first-order valence-corrected chi connectivity index (χ1v) is 10.1. The normalized spacial score (nSPS) is 12.1. The summed E-state index contributed by atoms with van der Waals surface area (Å²) in [6, 6.07) is 16.5. The van der Waals surface area contributed by atoms with E-state index in [0.29, 0.717) is 16.9 Å². The van der Waals surface area contributed by atoms with Crippen LogP contribution in [-0.4, -0.2) is 40.9 Å². The molecule has 1 atom stereocenters. The van der Waals surface area contributed by atoms with Crippen LogP contribution in [0, 0.1) is 0 Å². The van der Waals surface area contributed by atoms with Crippen molar-refractivity contribution in [1.82, 2.24) is 10.6 Å². The minimum absolute atomic E-state index is 0.0181. The molecule has 0 aliphatic heterocycles. The number of rotatable bonds is 9. The first-order valence-electron chi connectivity index (χ1n) is 8.67. The SMILES string of the molecule is CSCCC(NC(=O)C(=Cc1ccccc1)NC(=O)c1ccccc1)C(=O)O. The highest BCUT2D eigenvalue weighted by molar-refractivity contribution is 7.98. The van der Waals surface area contributed by atoms with E-state index in [9.17, 15) is 19.5 Å². The molecule has 2 aromatic rings. The minimum atomic E-state index is -1.11. The van der Waals surface area contributed by atoms with Gasteiger partial charge in [-0.25, -0.2) is 4.79 Å². The van der Waals surface area contributed by atoms with Gasteiger partial charge in [-0.15, -0.1) is 0 Å². The Balaban J connectivity index is 2.24. The van der Waals surface area contributed by atoms with Crippen molar-refractivity contribution in [3.8, 4) is 0 Å². The largest absolute Gasteiger partial charge is 0.480 e. The molecule has 0 aliphatic carbocycles. The zero-order valence-electron chi connectivity index (χ0n) is 15.4. The summed E-state index contributed by atoms with van der Waals surface area (Å²) in [7, 11) is 0. The number of nitrogens with one attached hydrogen (secondary N) is 2. The molecule has 0 heterocycles. The third kappa shape index (κ3) is 6.59. The van der Waals surface area contributed by atoms with Crippen molar-refractivity contribution in [1.29, 1.82) is 0 Å². The van der Waals surface area contributed by atoms with Gasteiger partial charge in [0.2, 0.25) is 0 Å². The van der Waals surface area contributed by atoms with Gasteiger partial charge in [0.15, 0.2) is 0 Å². The first-order chi connectivity index (χ1) is 13.5. The number of aliphatic carboxylic acids is 1. The molecule has 0 bridgehead atoms. The molecule has 0 fully saturated rings. The average Bonchev–Trinajstić information content (AvgIpc) is 2.71. The fourth-order valence-corrected chi connectivity index (χ4v) is 2.86. The van der Waals surface area contributed by atoms with Crippen LogP contribution < -0.4 is 10.6 Å². The maximum atomic E-state index is 12.7. The number of carbonyl (C=O) groups is 3. The summed E-state index contributed by atoms with van der Waals surface area (Å²) in [5.41, 5.74) is 1.08. The lowest BCUT2D eigenvalue weighted by Gasteiger charge is -2.16. The number of amides is 2. The van der Waals surface area contributed by atoms with Gasteiger partial charge in [0, 0.05) is 5.56 Å². The Morgan fingerprint density at radius 3 is 2.21 bits per heavy atom. The second kappa shape index (κ2) is 10.9. The van der Waals surface area contributed by atoms with Crippen LogP contribution >= 0.6 is 11.8 Å². The van der Waals surface area contributed by atoms with E-state index in [4.69, 9.17) is 0 Å². The molecule has 0 aliphatic rings. The van der Waals surface area contributed by atoms with Crippen LogP contribution in [0.3, 0.4) is 0 Å². The molecule has 2 rings (SSSR count). The third-order valence-corrected chi connectivity index (χ3v) is 4.50. The van der Waals surface area contributed by atoms with E-state index in [1.54, 1.807) is 54.6 Å². The summed E-state index contributed by atoms with van der Waals surface area (Å²) in [6.45, 7) is 0. The van der Waals surface area contributed by atoms with Gasteiger partial charge in [-0.2, -0.15) is 11.8 Å². The van der Waals surface area contributed by atoms with E-state index in [0.717, 1.165) is 0 Å². The summed E-state index contributed by atoms with van der Waals surface area (Å²) in [6.07, 6.45) is 3.67. The van der Waals surface area contributed by atoms with Crippen LogP contribution in [-0.2, 0) is 9.59 Å². The van der Waals surface area contributed by atoms with Crippen molar-refractivity contribution in [2.75, 3.05) is 12.0 Å². The molecule has 1 unspecified atom stereocenters.